The van der Waals surface area contributed by atoms with Gasteiger partial charge in [-0.15, -0.1) is 0 Å². The molecule has 1 atom stereocenters. The van der Waals surface area contributed by atoms with E-state index in [4.69, 9.17) is 5.73 Å². The van der Waals surface area contributed by atoms with E-state index >= 15 is 0 Å². The lowest BCUT2D eigenvalue weighted by atomic mass is 9.94. The van der Waals surface area contributed by atoms with E-state index in [-0.39, 0.29) is 18.0 Å². The number of nitrogen functional groups attached to an aromatic ring is 1. The summed E-state index contributed by atoms with van der Waals surface area (Å²) in [6.07, 6.45) is 3.15. The van der Waals surface area contributed by atoms with Crippen molar-refractivity contribution in [1.29, 1.82) is 0 Å². The quantitative estimate of drug-likeness (QED) is 0.744. The minimum Gasteiger partial charge on any atom is -0.397 e. The van der Waals surface area contributed by atoms with E-state index in [0.717, 1.165) is 6.54 Å². The van der Waals surface area contributed by atoms with Gasteiger partial charge in [0.1, 0.15) is 0 Å². The number of carbonyl (C=O) groups excluding carboxylic acids is 1. The molecule has 2 N–H and O–H groups in total. The molecule has 4 rings (SSSR count). The van der Waals surface area contributed by atoms with Gasteiger partial charge in [-0.1, -0.05) is 60.7 Å². The molecule has 5 heteroatoms. The van der Waals surface area contributed by atoms with Gasteiger partial charge in [-0.2, -0.15) is 0 Å². The topological polar surface area (TPSA) is 62.5 Å². The highest BCUT2D eigenvalue weighted by Gasteiger charge is 2.33. The first kappa shape index (κ1) is 19.2. The van der Waals surface area contributed by atoms with Crippen LogP contribution >= 0.6 is 0 Å². The SMILES string of the molecule is CC1CN(C(=O)c2cncc(N)c2)CCN1C(c1ccccc1)c1ccccc1. The Hall–Kier alpha value is -3.18. The number of anilines is 1. The molecular formula is C24H26N4O. The third-order valence-corrected chi connectivity index (χ3v) is 5.53. The number of hydrogen-bond acceptors (Lipinski definition) is 4. The highest BCUT2D eigenvalue weighted by molar-refractivity contribution is 5.94. The van der Waals surface area contributed by atoms with Crippen LogP contribution in [-0.2, 0) is 0 Å². The van der Waals surface area contributed by atoms with Crippen LogP contribution in [0.4, 0.5) is 5.69 Å². The van der Waals surface area contributed by atoms with E-state index in [1.165, 1.54) is 11.1 Å². The Morgan fingerprint density at radius 3 is 2.17 bits per heavy atom. The van der Waals surface area contributed by atoms with Crippen LogP contribution in [0.25, 0.3) is 0 Å². The van der Waals surface area contributed by atoms with Crippen molar-refractivity contribution in [1.82, 2.24) is 14.8 Å². The molecule has 1 amide bonds. The summed E-state index contributed by atoms with van der Waals surface area (Å²) in [4.78, 5) is 21.4. The predicted molar refractivity (Wildman–Crippen MR) is 115 cm³/mol. The van der Waals surface area contributed by atoms with Crippen molar-refractivity contribution in [3.63, 3.8) is 0 Å². The smallest absolute Gasteiger partial charge is 0.255 e. The van der Waals surface area contributed by atoms with Crippen LogP contribution in [-0.4, -0.2) is 46.4 Å². The van der Waals surface area contributed by atoms with Gasteiger partial charge in [-0.3, -0.25) is 14.7 Å². The summed E-state index contributed by atoms with van der Waals surface area (Å²) in [6, 6.07) is 23.2. The third kappa shape index (κ3) is 4.15. The zero-order chi connectivity index (χ0) is 20.2. The third-order valence-electron chi connectivity index (χ3n) is 5.53. The van der Waals surface area contributed by atoms with Gasteiger partial charge in [-0.05, 0) is 24.1 Å². The lowest BCUT2D eigenvalue weighted by Crippen LogP contribution is -2.54. The maximum atomic E-state index is 12.9. The fourth-order valence-corrected chi connectivity index (χ4v) is 4.14. The van der Waals surface area contributed by atoms with Crippen LogP contribution in [0.2, 0.25) is 0 Å². The fourth-order valence-electron chi connectivity index (χ4n) is 4.14. The molecule has 0 aliphatic carbocycles. The average Bonchev–Trinajstić information content (AvgIpc) is 2.76. The lowest BCUT2D eigenvalue weighted by molar-refractivity contribution is 0.0428. The molecule has 148 valence electrons. The van der Waals surface area contributed by atoms with Crippen molar-refractivity contribution in [3.05, 3.63) is 95.8 Å². The van der Waals surface area contributed by atoms with Crippen LogP contribution in [0.5, 0.6) is 0 Å². The standard InChI is InChI=1S/C24H26N4O/c1-18-17-27(24(29)21-14-22(25)16-26-15-21)12-13-28(18)23(19-8-4-2-5-9-19)20-10-6-3-7-11-20/h2-11,14-16,18,23H,12-13,17,25H2,1H3. The second-order valence-electron chi connectivity index (χ2n) is 7.57. The second kappa shape index (κ2) is 8.45. The van der Waals surface area contributed by atoms with Gasteiger partial charge in [0.05, 0.1) is 17.3 Å². The molecule has 1 aliphatic heterocycles. The predicted octanol–water partition coefficient (Wildman–Crippen LogP) is 3.60. The highest BCUT2D eigenvalue weighted by Crippen LogP contribution is 2.32. The van der Waals surface area contributed by atoms with Crippen molar-refractivity contribution in [3.8, 4) is 0 Å². The van der Waals surface area contributed by atoms with E-state index in [0.29, 0.717) is 24.3 Å². The van der Waals surface area contributed by atoms with Gasteiger partial charge in [0.2, 0.25) is 0 Å². The summed E-state index contributed by atoms with van der Waals surface area (Å²) < 4.78 is 0. The number of nitrogens with two attached hydrogens (primary N) is 1. The average molecular weight is 386 g/mol. The van der Waals surface area contributed by atoms with Crippen molar-refractivity contribution in [2.24, 2.45) is 0 Å². The molecule has 1 unspecified atom stereocenters. The number of pyridine rings is 1. The van der Waals surface area contributed by atoms with Crippen molar-refractivity contribution in [2.75, 3.05) is 25.4 Å². The fraction of sp³-hybridized carbons (Fsp3) is 0.250. The number of hydrogen-bond donors (Lipinski definition) is 1. The zero-order valence-electron chi connectivity index (χ0n) is 16.6. The van der Waals surface area contributed by atoms with Gasteiger partial charge in [-0.25, -0.2) is 0 Å². The van der Waals surface area contributed by atoms with Crippen molar-refractivity contribution in [2.45, 2.75) is 19.0 Å². The lowest BCUT2D eigenvalue weighted by Gasteiger charge is -2.44. The van der Waals surface area contributed by atoms with E-state index in [1.54, 1.807) is 18.5 Å². The molecule has 5 nitrogen and oxygen atoms in total. The van der Waals surface area contributed by atoms with E-state index in [9.17, 15) is 4.79 Å². The second-order valence-corrected chi connectivity index (χ2v) is 7.57. The Balaban J connectivity index is 1.57. The molecule has 1 saturated heterocycles. The Bertz CT molecular complexity index is 921. The number of rotatable bonds is 4. The molecule has 0 saturated carbocycles. The van der Waals surface area contributed by atoms with Gasteiger partial charge in [0.25, 0.3) is 5.91 Å². The van der Waals surface area contributed by atoms with Gasteiger partial charge >= 0.3 is 0 Å². The summed E-state index contributed by atoms with van der Waals surface area (Å²) in [5, 5.41) is 0. The normalized spacial score (nSPS) is 17.4. The Labute approximate surface area is 171 Å². The van der Waals surface area contributed by atoms with Gasteiger partial charge in [0.15, 0.2) is 0 Å². The van der Waals surface area contributed by atoms with Crippen LogP contribution in [0.15, 0.2) is 79.1 Å². The molecule has 1 fully saturated rings. The van der Waals surface area contributed by atoms with E-state index < -0.39 is 0 Å². The molecule has 1 aliphatic rings. The zero-order valence-corrected chi connectivity index (χ0v) is 16.6. The largest absolute Gasteiger partial charge is 0.397 e. The number of piperazine rings is 1. The number of aromatic nitrogens is 1. The van der Waals surface area contributed by atoms with E-state index in [1.807, 2.05) is 17.0 Å². The number of amides is 1. The highest BCUT2D eigenvalue weighted by atomic mass is 16.2. The first-order valence-electron chi connectivity index (χ1n) is 9.99. The van der Waals surface area contributed by atoms with Crippen LogP contribution in [0.3, 0.4) is 0 Å². The van der Waals surface area contributed by atoms with E-state index in [2.05, 4.69) is 65.3 Å². The molecule has 29 heavy (non-hydrogen) atoms. The summed E-state index contributed by atoms with van der Waals surface area (Å²) in [5.41, 5.74) is 9.40. The monoisotopic (exact) mass is 386 g/mol. The molecule has 1 aromatic heterocycles. The van der Waals surface area contributed by atoms with Crippen LogP contribution in [0.1, 0.15) is 34.5 Å². The molecular weight excluding hydrogens is 360 g/mol. The minimum absolute atomic E-state index is 0.00716. The maximum absolute atomic E-state index is 12.9. The van der Waals surface area contributed by atoms with Gasteiger partial charge < -0.3 is 10.6 Å². The number of nitrogens with zero attached hydrogens (tertiary/aromatic N) is 3. The minimum atomic E-state index is -0.00716. The molecule has 2 aromatic carbocycles. The summed E-state index contributed by atoms with van der Waals surface area (Å²) >= 11 is 0. The first-order chi connectivity index (χ1) is 14.1. The molecule has 3 aromatic rings. The molecule has 0 bridgehead atoms. The summed E-state index contributed by atoms with van der Waals surface area (Å²) in [5.74, 6) is -0.00716. The number of carbonyl (C=O) groups is 1. The van der Waals surface area contributed by atoms with Gasteiger partial charge in [0, 0.05) is 38.1 Å². The van der Waals surface area contributed by atoms with Crippen LogP contribution < -0.4 is 5.73 Å². The first-order valence-corrected chi connectivity index (χ1v) is 9.99. The summed E-state index contributed by atoms with van der Waals surface area (Å²) in [7, 11) is 0. The van der Waals surface area contributed by atoms with Crippen molar-refractivity contribution >= 4 is 11.6 Å². The summed E-state index contributed by atoms with van der Waals surface area (Å²) in [6.45, 7) is 4.34. The van der Waals surface area contributed by atoms with Crippen LogP contribution in [0, 0.1) is 0 Å². The Morgan fingerprint density at radius 1 is 1.00 bits per heavy atom. The molecule has 0 radical (unpaired) electrons. The maximum Gasteiger partial charge on any atom is 0.255 e. The molecule has 2 heterocycles. The van der Waals surface area contributed by atoms with Crippen molar-refractivity contribution < 1.29 is 4.79 Å². The Kier molecular flexibility index (Phi) is 5.58. The molecule has 0 spiro atoms. The Morgan fingerprint density at radius 2 is 1.62 bits per heavy atom. The number of benzene rings is 2.